The first-order valence-corrected chi connectivity index (χ1v) is 11.7. The summed E-state index contributed by atoms with van der Waals surface area (Å²) < 4.78 is 0. The van der Waals surface area contributed by atoms with Crippen LogP contribution >= 0.6 is 0 Å². The molecule has 0 bridgehead atoms. The van der Waals surface area contributed by atoms with Crippen molar-refractivity contribution >= 4 is 0 Å². The van der Waals surface area contributed by atoms with Gasteiger partial charge in [-0.05, 0) is 59.1 Å². The highest BCUT2D eigenvalue weighted by Crippen LogP contribution is 2.02. The number of aryl methyl sites for hydroxylation is 3. The standard InChI is InChI=1S/C8H10.C7H8.C6H6.C4H10O.C3H8O.C2H6O/c1-7-5-3-4-6-8(7)2;1-7-5-3-2-4-6-7;1-2-4-6-5-3-1;1-2-3-4-5;1-3(2)4;1-2-3/h3-6H,1-2H3;2-6H,1H3;1-6H;5H,2-4H2,1H3;3-4H,1-2H3;3H,2H2,1H3. The van der Waals surface area contributed by atoms with Crippen LogP contribution in [0.5, 0.6) is 0 Å². The van der Waals surface area contributed by atoms with Gasteiger partial charge in [-0.2, -0.15) is 0 Å². The van der Waals surface area contributed by atoms with Gasteiger partial charge < -0.3 is 15.3 Å². The first-order chi connectivity index (χ1) is 15.8. The van der Waals surface area contributed by atoms with Gasteiger partial charge in [0.05, 0.1) is 0 Å². The summed E-state index contributed by atoms with van der Waals surface area (Å²) in [5.41, 5.74) is 4.06. The fourth-order valence-corrected chi connectivity index (χ4v) is 1.74. The summed E-state index contributed by atoms with van der Waals surface area (Å²) in [4.78, 5) is 0. The minimum atomic E-state index is -0.167. The number of unbranched alkanes of at least 4 members (excludes halogenated alkanes) is 1. The fourth-order valence-electron chi connectivity index (χ4n) is 1.74. The third kappa shape index (κ3) is 37.2. The minimum absolute atomic E-state index is 0.167. The van der Waals surface area contributed by atoms with Crippen molar-refractivity contribution in [1.29, 1.82) is 0 Å². The molecule has 3 rings (SSSR count). The molecular weight excluding hydrogens is 408 g/mol. The van der Waals surface area contributed by atoms with Crippen molar-refractivity contribution in [2.45, 2.75) is 67.4 Å². The van der Waals surface area contributed by atoms with Crippen molar-refractivity contribution in [3.63, 3.8) is 0 Å². The Balaban J connectivity index is -0.000000337. The molecule has 0 radical (unpaired) electrons. The van der Waals surface area contributed by atoms with Crippen LogP contribution in [-0.4, -0.2) is 34.6 Å². The summed E-state index contributed by atoms with van der Waals surface area (Å²) >= 11 is 0. The highest BCUT2D eigenvalue weighted by molar-refractivity contribution is 5.23. The van der Waals surface area contributed by atoms with Crippen LogP contribution < -0.4 is 0 Å². The average Bonchev–Trinajstić information content (AvgIpc) is 2.80. The Morgan fingerprint density at radius 2 is 0.879 bits per heavy atom. The smallest absolute Gasteiger partial charge is 0.0483 e. The number of hydrogen-bond acceptors (Lipinski definition) is 3. The van der Waals surface area contributed by atoms with Crippen molar-refractivity contribution in [2.24, 2.45) is 0 Å². The molecular formula is C30H48O3. The van der Waals surface area contributed by atoms with E-state index >= 15 is 0 Å². The van der Waals surface area contributed by atoms with Gasteiger partial charge in [-0.15, -0.1) is 0 Å². The number of rotatable bonds is 2. The molecule has 0 heterocycles. The maximum Gasteiger partial charge on any atom is 0.0483 e. The summed E-state index contributed by atoms with van der Waals surface area (Å²) in [6.07, 6.45) is 1.87. The number of hydrogen-bond donors (Lipinski definition) is 3. The van der Waals surface area contributed by atoms with Gasteiger partial charge >= 0.3 is 0 Å². The summed E-state index contributed by atoms with van der Waals surface area (Å²) in [5, 5.41) is 23.7. The SMILES string of the molecule is CC(C)O.CCCCO.CCO.Cc1ccccc1.Cc1ccccc1C.c1ccccc1. The predicted octanol–water partition coefficient (Wildman–Crippen LogP) is 7.15. The third-order valence-electron chi connectivity index (χ3n) is 3.54. The molecule has 0 aromatic heterocycles. The van der Waals surface area contributed by atoms with Crippen LogP contribution in [0.4, 0.5) is 0 Å². The molecule has 0 saturated heterocycles. The normalized spacial score (nSPS) is 8.45. The van der Waals surface area contributed by atoms with Gasteiger partial charge in [-0.3, -0.25) is 0 Å². The van der Waals surface area contributed by atoms with E-state index in [0.717, 1.165) is 12.8 Å². The molecule has 3 aromatic carbocycles. The van der Waals surface area contributed by atoms with E-state index in [4.69, 9.17) is 15.3 Å². The molecule has 3 heteroatoms. The minimum Gasteiger partial charge on any atom is -0.397 e. The van der Waals surface area contributed by atoms with Crippen LogP contribution in [0, 0.1) is 20.8 Å². The highest BCUT2D eigenvalue weighted by Gasteiger charge is 1.83. The Labute approximate surface area is 203 Å². The number of benzene rings is 3. The molecule has 0 spiro atoms. The quantitative estimate of drug-likeness (QED) is 0.384. The lowest BCUT2D eigenvalue weighted by molar-refractivity contribution is 0.216. The lowest BCUT2D eigenvalue weighted by Crippen LogP contribution is -1.85. The molecule has 0 saturated carbocycles. The van der Waals surface area contributed by atoms with E-state index < -0.39 is 0 Å². The topological polar surface area (TPSA) is 60.7 Å². The Morgan fingerprint density at radius 3 is 1.03 bits per heavy atom. The predicted molar refractivity (Wildman–Crippen MR) is 146 cm³/mol. The van der Waals surface area contributed by atoms with Gasteiger partial charge in [0.1, 0.15) is 0 Å². The molecule has 0 atom stereocenters. The zero-order valence-electron chi connectivity index (χ0n) is 21.9. The molecule has 3 N–H and O–H groups in total. The van der Waals surface area contributed by atoms with Crippen LogP contribution in [0.1, 0.15) is 57.2 Å². The maximum absolute atomic E-state index is 8.07. The van der Waals surface area contributed by atoms with Crippen molar-refractivity contribution in [3.8, 4) is 0 Å². The van der Waals surface area contributed by atoms with E-state index in [-0.39, 0.29) is 12.7 Å². The van der Waals surface area contributed by atoms with Crippen molar-refractivity contribution in [3.05, 3.63) is 108 Å². The lowest BCUT2D eigenvalue weighted by atomic mass is 10.1. The maximum atomic E-state index is 8.07. The molecule has 0 unspecified atom stereocenters. The van der Waals surface area contributed by atoms with Crippen molar-refractivity contribution in [1.82, 2.24) is 0 Å². The fraction of sp³-hybridized carbons (Fsp3) is 0.400. The molecule has 3 aromatic rings. The highest BCUT2D eigenvalue weighted by atomic mass is 16.3. The van der Waals surface area contributed by atoms with Gasteiger partial charge in [0.2, 0.25) is 0 Å². The summed E-state index contributed by atoms with van der Waals surface area (Å²) in [6, 6.07) is 30.6. The average molecular weight is 457 g/mol. The summed E-state index contributed by atoms with van der Waals surface area (Å²) in [6.45, 7) is 14.1. The zero-order chi connectivity index (χ0) is 25.7. The zero-order valence-corrected chi connectivity index (χ0v) is 21.9. The van der Waals surface area contributed by atoms with Crippen LogP contribution in [0.3, 0.4) is 0 Å². The first-order valence-electron chi connectivity index (χ1n) is 11.7. The van der Waals surface area contributed by atoms with Gasteiger partial charge in [0.25, 0.3) is 0 Å². The third-order valence-corrected chi connectivity index (χ3v) is 3.54. The van der Waals surface area contributed by atoms with E-state index in [1.807, 2.05) is 54.6 Å². The van der Waals surface area contributed by atoms with Crippen molar-refractivity contribution in [2.75, 3.05) is 13.2 Å². The molecule has 33 heavy (non-hydrogen) atoms. The van der Waals surface area contributed by atoms with Crippen molar-refractivity contribution < 1.29 is 15.3 Å². The first kappa shape index (κ1) is 35.1. The van der Waals surface area contributed by atoms with Crippen LogP contribution in [0.25, 0.3) is 0 Å². The molecule has 186 valence electrons. The van der Waals surface area contributed by atoms with Gasteiger partial charge in [0, 0.05) is 19.3 Å². The van der Waals surface area contributed by atoms with Crippen LogP contribution in [0.15, 0.2) is 91.0 Å². The number of aliphatic hydroxyl groups is 3. The second kappa shape index (κ2) is 29.5. The lowest BCUT2D eigenvalue weighted by Gasteiger charge is -1.93. The van der Waals surface area contributed by atoms with Gasteiger partial charge in [0.15, 0.2) is 0 Å². The van der Waals surface area contributed by atoms with Gasteiger partial charge in [-0.25, -0.2) is 0 Å². The Hall–Kier alpha value is -2.46. The van der Waals surface area contributed by atoms with E-state index in [9.17, 15) is 0 Å². The molecule has 0 fully saturated rings. The van der Waals surface area contributed by atoms with E-state index in [1.165, 1.54) is 16.7 Å². The second-order valence-electron chi connectivity index (χ2n) is 7.38. The van der Waals surface area contributed by atoms with Crippen LogP contribution in [-0.2, 0) is 0 Å². The molecule has 3 nitrogen and oxygen atoms in total. The Kier molecular flexibility index (Phi) is 31.5. The second-order valence-corrected chi connectivity index (χ2v) is 7.38. The largest absolute Gasteiger partial charge is 0.397 e. The molecule has 0 amide bonds. The summed E-state index contributed by atoms with van der Waals surface area (Å²) in [7, 11) is 0. The van der Waals surface area contributed by atoms with E-state index in [0.29, 0.717) is 6.61 Å². The Bertz CT molecular complexity index is 646. The number of aliphatic hydroxyl groups excluding tert-OH is 3. The van der Waals surface area contributed by atoms with Crippen LogP contribution in [0.2, 0.25) is 0 Å². The van der Waals surface area contributed by atoms with Gasteiger partial charge in [-0.1, -0.05) is 110 Å². The summed E-state index contributed by atoms with van der Waals surface area (Å²) in [5.74, 6) is 0. The Morgan fingerprint density at radius 1 is 0.606 bits per heavy atom. The monoisotopic (exact) mass is 456 g/mol. The molecule has 0 aliphatic rings. The van der Waals surface area contributed by atoms with E-state index in [1.54, 1.807) is 20.8 Å². The molecule has 0 aliphatic heterocycles. The molecule has 0 aliphatic carbocycles. The van der Waals surface area contributed by atoms with E-state index in [2.05, 4.69) is 64.1 Å².